The molecule has 1 aliphatic heterocycles. The Morgan fingerprint density at radius 2 is 2.50 bits per heavy atom. The minimum atomic E-state index is -0.221. The molecule has 1 aromatic heterocycles. The first-order valence-corrected chi connectivity index (χ1v) is 6.62. The van der Waals surface area contributed by atoms with Crippen LogP contribution in [0.4, 0.5) is 0 Å². The van der Waals surface area contributed by atoms with E-state index in [0.29, 0.717) is 23.2 Å². The second kappa shape index (κ2) is 6.20. The van der Waals surface area contributed by atoms with Crippen LogP contribution in [0.25, 0.3) is 0 Å². The number of ether oxygens (including phenoxy) is 1. The molecule has 2 rings (SSSR count). The van der Waals surface area contributed by atoms with Gasteiger partial charge in [-0.25, -0.2) is 0 Å². The maximum Gasteiger partial charge on any atom is 0.273 e. The number of hydrogen-bond donors (Lipinski definition) is 2. The minimum absolute atomic E-state index is 0.221. The molecule has 0 aromatic carbocycles. The molecule has 18 heavy (non-hydrogen) atoms. The van der Waals surface area contributed by atoms with Crippen LogP contribution in [-0.4, -0.2) is 35.9 Å². The van der Waals surface area contributed by atoms with E-state index in [9.17, 15) is 4.79 Å². The molecule has 100 valence electrons. The average Bonchev–Trinajstić information content (AvgIpc) is 2.71. The van der Waals surface area contributed by atoms with Gasteiger partial charge < -0.3 is 10.1 Å². The Kier molecular flexibility index (Phi) is 4.60. The van der Waals surface area contributed by atoms with E-state index in [1.54, 1.807) is 6.92 Å². The van der Waals surface area contributed by atoms with Gasteiger partial charge in [0.15, 0.2) is 5.69 Å². The fourth-order valence-electron chi connectivity index (χ4n) is 2.07. The van der Waals surface area contributed by atoms with Crippen molar-refractivity contribution in [1.29, 1.82) is 0 Å². The molecule has 0 saturated carbocycles. The fraction of sp³-hybridized carbons (Fsp3) is 0.667. The van der Waals surface area contributed by atoms with E-state index in [1.807, 2.05) is 0 Å². The molecular formula is C12H18ClN3O2. The second-order valence-corrected chi connectivity index (χ2v) is 5.02. The molecule has 0 spiro atoms. The third-order valence-electron chi connectivity index (χ3n) is 3.18. The lowest BCUT2D eigenvalue weighted by Gasteiger charge is -2.21. The predicted octanol–water partition coefficient (Wildman–Crippen LogP) is 1.92. The number of nitrogens with zero attached hydrogens (tertiary/aromatic N) is 1. The Morgan fingerprint density at radius 3 is 3.11 bits per heavy atom. The number of aryl methyl sites for hydroxylation is 1. The van der Waals surface area contributed by atoms with Crippen molar-refractivity contribution in [3.05, 3.63) is 16.4 Å². The Balaban J connectivity index is 1.76. The van der Waals surface area contributed by atoms with Gasteiger partial charge in [0.2, 0.25) is 0 Å². The molecule has 5 nitrogen and oxygen atoms in total. The average molecular weight is 272 g/mol. The van der Waals surface area contributed by atoms with Crippen LogP contribution in [0.15, 0.2) is 0 Å². The van der Waals surface area contributed by atoms with Crippen LogP contribution in [0.3, 0.4) is 0 Å². The van der Waals surface area contributed by atoms with Crippen molar-refractivity contribution in [3.63, 3.8) is 0 Å². The number of carbonyl (C=O) groups excluding carboxylic acids is 1. The van der Waals surface area contributed by atoms with E-state index in [1.165, 1.54) is 6.42 Å². The van der Waals surface area contributed by atoms with E-state index in [-0.39, 0.29) is 11.6 Å². The van der Waals surface area contributed by atoms with Gasteiger partial charge in [0.05, 0.1) is 10.7 Å². The number of carbonyl (C=O) groups is 1. The van der Waals surface area contributed by atoms with Crippen LogP contribution in [0.5, 0.6) is 0 Å². The van der Waals surface area contributed by atoms with Gasteiger partial charge in [-0.1, -0.05) is 11.6 Å². The van der Waals surface area contributed by atoms with Gasteiger partial charge in [-0.15, -0.1) is 0 Å². The number of rotatable bonds is 4. The highest BCUT2D eigenvalue weighted by molar-refractivity contribution is 6.34. The van der Waals surface area contributed by atoms with Crippen molar-refractivity contribution in [2.75, 3.05) is 19.8 Å². The van der Waals surface area contributed by atoms with Gasteiger partial charge in [-0.05, 0) is 32.1 Å². The van der Waals surface area contributed by atoms with Gasteiger partial charge in [0, 0.05) is 19.8 Å². The Bertz CT molecular complexity index is 413. The van der Waals surface area contributed by atoms with Crippen molar-refractivity contribution in [3.8, 4) is 0 Å². The summed E-state index contributed by atoms with van der Waals surface area (Å²) >= 11 is 5.96. The first kappa shape index (κ1) is 13.4. The zero-order valence-electron chi connectivity index (χ0n) is 10.5. The quantitative estimate of drug-likeness (QED) is 0.879. The maximum absolute atomic E-state index is 11.8. The summed E-state index contributed by atoms with van der Waals surface area (Å²) in [5, 5.41) is 9.82. The number of nitrogens with one attached hydrogen (secondary N) is 2. The maximum atomic E-state index is 11.8. The molecule has 1 fully saturated rings. The lowest BCUT2D eigenvalue weighted by atomic mass is 9.99. The summed E-state index contributed by atoms with van der Waals surface area (Å²) in [7, 11) is 0. The zero-order valence-corrected chi connectivity index (χ0v) is 11.2. The third kappa shape index (κ3) is 3.23. The van der Waals surface area contributed by atoms with Crippen LogP contribution in [-0.2, 0) is 4.74 Å². The van der Waals surface area contributed by atoms with Crippen molar-refractivity contribution >= 4 is 17.5 Å². The van der Waals surface area contributed by atoms with Crippen molar-refractivity contribution in [1.82, 2.24) is 15.5 Å². The molecule has 1 aliphatic rings. The lowest BCUT2D eigenvalue weighted by molar-refractivity contribution is 0.0514. The molecule has 2 heterocycles. The summed E-state index contributed by atoms with van der Waals surface area (Å²) in [6.45, 7) is 4.09. The third-order valence-corrected chi connectivity index (χ3v) is 3.64. The smallest absolute Gasteiger partial charge is 0.273 e. The van der Waals surface area contributed by atoms with E-state index < -0.39 is 0 Å². The number of aromatic nitrogens is 2. The molecule has 0 radical (unpaired) electrons. The first-order chi connectivity index (χ1) is 8.68. The largest absolute Gasteiger partial charge is 0.381 e. The molecular weight excluding hydrogens is 254 g/mol. The first-order valence-electron chi connectivity index (χ1n) is 6.25. The van der Waals surface area contributed by atoms with Crippen molar-refractivity contribution in [2.24, 2.45) is 5.92 Å². The summed E-state index contributed by atoms with van der Waals surface area (Å²) in [5.41, 5.74) is 0.983. The Labute approximate surface area is 111 Å². The van der Waals surface area contributed by atoms with Crippen LogP contribution in [0, 0.1) is 12.8 Å². The number of aromatic amines is 1. The molecule has 0 aliphatic carbocycles. The molecule has 2 N–H and O–H groups in total. The number of H-pyrrole nitrogens is 1. The highest BCUT2D eigenvalue weighted by Crippen LogP contribution is 2.18. The van der Waals surface area contributed by atoms with E-state index in [2.05, 4.69) is 15.5 Å². The summed E-state index contributed by atoms with van der Waals surface area (Å²) < 4.78 is 5.40. The normalized spacial score (nSPS) is 19.8. The highest BCUT2D eigenvalue weighted by Gasteiger charge is 2.17. The summed E-state index contributed by atoms with van der Waals surface area (Å²) in [6, 6.07) is 0. The van der Waals surface area contributed by atoms with Crippen LogP contribution < -0.4 is 5.32 Å². The zero-order chi connectivity index (χ0) is 13.0. The van der Waals surface area contributed by atoms with Gasteiger partial charge in [-0.3, -0.25) is 9.89 Å². The van der Waals surface area contributed by atoms with E-state index >= 15 is 0 Å². The summed E-state index contributed by atoms with van der Waals surface area (Å²) in [6.07, 6.45) is 3.23. The fourth-order valence-corrected chi connectivity index (χ4v) is 2.24. The van der Waals surface area contributed by atoms with Gasteiger partial charge >= 0.3 is 0 Å². The standard InChI is InChI=1S/C12H18ClN3O2/c1-8-10(13)11(16-15-8)12(17)14-5-4-9-3-2-6-18-7-9/h9H,2-7H2,1H3,(H,14,17)(H,15,16). The van der Waals surface area contributed by atoms with Crippen LogP contribution in [0.1, 0.15) is 35.4 Å². The molecule has 1 saturated heterocycles. The predicted molar refractivity (Wildman–Crippen MR) is 68.8 cm³/mol. The molecule has 1 amide bonds. The molecule has 1 unspecified atom stereocenters. The van der Waals surface area contributed by atoms with Crippen LogP contribution >= 0.6 is 11.6 Å². The molecule has 0 bridgehead atoms. The van der Waals surface area contributed by atoms with Gasteiger partial charge in [-0.2, -0.15) is 5.10 Å². The summed E-state index contributed by atoms with van der Waals surface area (Å²) in [5.74, 6) is 0.330. The van der Waals surface area contributed by atoms with Crippen LogP contribution in [0.2, 0.25) is 5.02 Å². The highest BCUT2D eigenvalue weighted by atomic mass is 35.5. The monoisotopic (exact) mass is 271 g/mol. The Hall–Kier alpha value is -1.07. The van der Waals surface area contributed by atoms with E-state index in [0.717, 1.165) is 26.1 Å². The SMILES string of the molecule is Cc1[nH]nc(C(=O)NCCC2CCCOC2)c1Cl. The van der Waals surface area contributed by atoms with Crippen molar-refractivity contribution < 1.29 is 9.53 Å². The van der Waals surface area contributed by atoms with E-state index in [4.69, 9.17) is 16.3 Å². The van der Waals surface area contributed by atoms with Gasteiger partial charge in [0.1, 0.15) is 0 Å². The molecule has 6 heteroatoms. The topological polar surface area (TPSA) is 67.0 Å². The lowest BCUT2D eigenvalue weighted by Crippen LogP contribution is -2.28. The van der Waals surface area contributed by atoms with Gasteiger partial charge in [0.25, 0.3) is 5.91 Å². The Morgan fingerprint density at radius 1 is 1.67 bits per heavy atom. The molecule has 1 aromatic rings. The number of halogens is 1. The minimum Gasteiger partial charge on any atom is -0.381 e. The number of amides is 1. The van der Waals surface area contributed by atoms with Crippen molar-refractivity contribution in [2.45, 2.75) is 26.2 Å². The second-order valence-electron chi connectivity index (χ2n) is 4.64. The molecule has 1 atom stereocenters. The number of hydrogen-bond acceptors (Lipinski definition) is 3. The summed E-state index contributed by atoms with van der Waals surface area (Å²) in [4.78, 5) is 11.8.